The van der Waals surface area contributed by atoms with Crippen LogP contribution in [0.5, 0.6) is 0 Å². The Labute approximate surface area is 123 Å². The van der Waals surface area contributed by atoms with E-state index < -0.39 is 9.84 Å². The number of Topliss-reactive ketones (excluding diaryl/α,β-unsaturated/α-hetero) is 1. The molecular formula is C13H17ClO3S2. The number of benzene rings is 1. The number of thioether (sulfide) groups is 1. The molecule has 6 heteroatoms. The first-order chi connectivity index (χ1) is 8.93. The van der Waals surface area contributed by atoms with Crippen molar-refractivity contribution in [1.82, 2.24) is 0 Å². The van der Waals surface area contributed by atoms with Crippen molar-refractivity contribution in [3.8, 4) is 0 Å². The number of carbonyl (C=O) groups is 1. The predicted molar refractivity (Wildman–Crippen MR) is 80.7 cm³/mol. The highest BCUT2D eigenvalue weighted by Crippen LogP contribution is 2.21. The van der Waals surface area contributed by atoms with Gasteiger partial charge in [0.05, 0.1) is 11.5 Å². The quantitative estimate of drug-likeness (QED) is 0.690. The van der Waals surface area contributed by atoms with E-state index in [1.807, 2.05) is 12.1 Å². The largest absolute Gasteiger partial charge is 0.299 e. The van der Waals surface area contributed by atoms with Crippen LogP contribution in [-0.4, -0.2) is 31.5 Å². The van der Waals surface area contributed by atoms with Crippen LogP contribution < -0.4 is 0 Å². The minimum Gasteiger partial charge on any atom is -0.299 e. The lowest BCUT2D eigenvalue weighted by Crippen LogP contribution is -2.11. The lowest BCUT2D eigenvalue weighted by Gasteiger charge is -2.03. The zero-order chi connectivity index (χ0) is 14.3. The van der Waals surface area contributed by atoms with Crippen molar-refractivity contribution >= 4 is 39.0 Å². The average molecular weight is 321 g/mol. The maximum atomic E-state index is 11.6. The van der Waals surface area contributed by atoms with Crippen molar-refractivity contribution in [2.75, 3.05) is 17.3 Å². The van der Waals surface area contributed by atoms with Gasteiger partial charge in [-0.15, -0.1) is 11.8 Å². The molecule has 0 aliphatic rings. The molecule has 0 N–H and O–H groups in total. The monoisotopic (exact) mass is 320 g/mol. The Bertz CT molecular complexity index is 526. The summed E-state index contributed by atoms with van der Waals surface area (Å²) < 4.78 is 22.5. The molecular weight excluding hydrogens is 304 g/mol. The molecule has 0 amide bonds. The second-order valence-electron chi connectivity index (χ2n) is 4.12. The van der Waals surface area contributed by atoms with Crippen LogP contribution >= 0.6 is 23.4 Å². The molecule has 0 fully saturated rings. The minimum absolute atomic E-state index is 0.0660. The Balaban J connectivity index is 2.29. The van der Waals surface area contributed by atoms with Gasteiger partial charge in [-0.1, -0.05) is 24.6 Å². The van der Waals surface area contributed by atoms with Crippen LogP contribution in [0.1, 0.15) is 19.8 Å². The number of hydrogen-bond donors (Lipinski definition) is 0. The van der Waals surface area contributed by atoms with E-state index in [-0.39, 0.29) is 17.3 Å². The van der Waals surface area contributed by atoms with Gasteiger partial charge in [-0.25, -0.2) is 8.42 Å². The molecule has 0 unspecified atom stereocenters. The first kappa shape index (κ1) is 16.5. The highest BCUT2D eigenvalue weighted by Gasteiger charge is 2.09. The summed E-state index contributed by atoms with van der Waals surface area (Å²) in [5, 5.41) is 0.645. The molecule has 0 heterocycles. The maximum absolute atomic E-state index is 11.6. The first-order valence-corrected chi connectivity index (χ1v) is 9.22. The molecule has 1 aromatic carbocycles. The van der Waals surface area contributed by atoms with Gasteiger partial charge in [-0.2, -0.15) is 0 Å². The second-order valence-corrected chi connectivity index (χ2v) is 8.08. The molecule has 19 heavy (non-hydrogen) atoms. The third-order valence-electron chi connectivity index (χ3n) is 2.55. The number of hydrogen-bond acceptors (Lipinski definition) is 4. The zero-order valence-electron chi connectivity index (χ0n) is 10.8. The number of halogens is 1. The summed E-state index contributed by atoms with van der Waals surface area (Å²) in [6, 6.07) is 7.32. The van der Waals surface area contributed by atoms with Crippen LogP contribution in [0.25, 0.3) is 0 Å². The van der Waals surface area contributed by atoms with Crippen molar-refractivity contribution < 1.29 is 13.2 Å². The third kappa shape index (κ3) is 6.99. The normalized spacial score (nSPS) is 11.5. The molecule has 106 valence electrons. The van der Waals surface area contributed by atoms with E-state index in [0.29, 0.717) is 23.6 Å². The Hall–Kier alpha value is -0.520. The molecule has 0 aliphatic carbocycles. The van der Waals surface area contributed by atoms with Gasteiger partial charge in [0.15, 0.2) is 0 Å². The SMILES string of the molecule is CCS(=O)(=O)CCCC(=O)CSc1cccc(Cl)c1. The van der Waals surface area contributed by atoms with Crippen molar-refractivity contribution in [2.45, 2.75) is 24.7 Å². The van der Waals surface area contributed by atoms with Crippen molar-refractivity contribution in [3.63, 3.8) is 0 Å². The Kier molecular flexibility index (Phi) is 6.89. The first-order valence-electron chi connectivity index (χ1n) is 6.03. The van der Waals surface area contributed by atoms with Gasteiger partial charge < -0.3 is 0 Å². The smallest absolute Gasteiger partial charge is 0.150 e. The van der Waals surface area contributed by atoms with Gasteiger partial charge in [-0.3, -0.25) is 4.79 Å². The summed E-state index contributed by atoms with van der Waals surface area (Å²) in [4.78, 5) is 12.6. The molecule has 3 nitrogen and oxygen atoms in total. The summed E-state index contributed by atoms with van der Waals surface area (Å²) in [6.45, 7) is 1.62. The summed E-state index contributed by atoms with van der Waals surface area (Å²) in [5.74, 6) is 0.651. The molecule has 0 aliphatic heterocycles. The molecule has 0 radical (unpaired) electrons. The second kappa shape index (κ2) is 7.92. The van der Waals surface area contributed by atoms with Crippen molar-refractivity contribution in [1.29, 1.82) is 0 Å². The van der Waals surface area contributed by atoms with Gasteiger partial charge in [0.2, 0.25) is 0 Å². The Morgan fingerprint density at radius 3 is 2.74 bits per heavy atom. The molecule has 0 spiro atoms. The van der Waals surface area contributed by atoms with E-state index in [0.717, 1.165) is 4.90 Å². The standard InChI is InChI=1S/C13H17ClO3S2/c1-2-19(16,17)8-4-6-12(15)10-18-13-7-3-5-11(14)9-13/h3,5,7,9H,2,4,6,8,10H2,1H3. The topological polar surface area (TPSA) is 51.2 Å². The van der Waals surface area contributed by atoms with Gasteiger partial charge in [0, 0.05) is 22.1 Å². The van der Waals surface area contributed by atoms with E-state index in [1.165, 1.54) is 11.8 Å². The summed E-state index contributed by atoms with van der Waals surface area (Å²) in [7, 11) is -2.96. The van der Waals surface area contributed by atoms with E-state index >= 15 is 0 Å². The van der Waals surface area contributed by atoms with Gasteiger partial charge in [-0.05, 0) is 24.6 Å². The Morgan fingerprint density at radius 1 is 1.37 bits per heavy atom. The number of carbonyl (C=O) groups excluding carboxylic acids is 1. The molecule has 0 aromatic heterocycles. The fourth-order valence-electron chi connectivity index (χ4n) is 1.43. The summed E-state index contributed by atoms with van der Waals surface area (Å²) in [6.07, 6.45) is 0.720. The number of ketones is 1. The predicted octanol–water partition coefficient (Wildman–Crippen LogP) is 3.22. The van der Waals surface area contributed by atoms with E-state index in [2.05, 4.69) is 0 Å². The van der Waals surface area contributed by atoms with Crippen LogP contribution in [0.2, 0.25) is 5.02 Å². The minimum atomic E-state index is -2.96. The third-order valence-corrected chi connectivity index (χ3v) is 5.63. The highest BCUT2D eigenvalue weighted by molar-refractivity contribution is 8.00. The average Bonchev–Trinajstić information content (AvgIpc) is 2.36. The highest BCUT2D eigenvalue weighted by atomic mass is 35.5. The van der Waals surface area contributed by atoms with Crippen LogP contribution in [0, 0.1) is 0 Å². The number of rotatable bonds is 8. The van der Waals surface area contributed by atoms with Crippen LogP contribution in [0.4, 0.5) is 0 Å². The fraction of sp³-hybridized carbons (Fsp3) is 0.462. The summed E-state index contributed by atoms with van der Waals surface area (Å²) >= 11 is 7.27. The van der Waals surface area contributed by atoms with Gasteiger partial charge >= 0.3 is 0 Å². The van der Waals surface area contributed by atoms with Crippen molar-refractivity contribution in [2.24, 2.45) is 0 Å². The Morgan fingerprint density at radius 2 is 2.11 bits per heavy atom. The summed E-state index contributed by atoms with van der Waals surface area (Å²) in [5.41, 5.74) is 0. The molecule has 0 saturated carbocycles. The molecule has 0 bridgehead atoms. The fourth-order valence-corrected chi connectivity index (χ4v) is 3.41. The van der Waals surface area contributed by atoms with Gasteiger partial charge in [0.25, 0.3) is 0 Å². The number of sulfone groups is 1. The van der Waals surface area contributed by atoms with E-state index in [4.69, 9.17) is 11.6 Å². The lowest BCUT2D eigenvalue weighted by atomic mass is 10.2. The molecule has 1 aromatic rings. The molecule has 1 rings (SSSR count). The van der Waals surface area contributed by atoms with Crippen LogP contribution in [0.3, 0.4) is 0 Å². The maximum Gasteiger partial charge on any atom is 0.150 e. The molecule has 0 saturated heterocycles. The molecule has 0 atom stereocenters. The van der Waals surface area contributed by atoms with E-state index in [1.54, 1.807) is 19.1 Å². The lowest BCUT2D eigenvalue weighted by molar-refractivity contribution is -0.116. The van der Waals surface area contributed by atoms with Gasteiger partial charge in [0.1, 0.15) is 15.6 Å². The van der Waals surface area contributed by atoms with Crippen LogP contribution in [-0.2, 0) is 14.6 Å². The zero-order valence-corrected chi connectivity index (χ0v) is 13.2. The van der Waals surface area contributed by atoms with Crippen LogP contribution in [0.15, 0.2) is 29.2 Å². The van der Waals surface area contributed by atoms with Crippen molar-refractivity contribution in [3.05, 3.63) is 29.3 Å². The van der Waals surface area contributed by atoms with E-state index in [9.17, 15) is 13.2 Å².